The van der Waals surface area contributed by atoms with Crippen LogP contribution in [0.2, 0.25) is 15.1 Å². The van der Waals surface area contributed by atoms with Crippen LogP contribution in [0.15, 0.2) is 109 Å². The minimum Gasteiger partial charge on any atom is -0.488 e. The first-order chi connectivity index (χ1) is 33.3. The van der Waals surface area contributed by atoms with E-state index < -0.39 is 23.7 Å². The quantitative estimate of drug-likeness (QED) is 0.0915. The van der Waals surface area contributed by atoms with Gasteiger partial charge in [0.2, 0.25) is 0 Å². The number of hydrogen-bond donors (Lipinski definition) is 4. The molecule has 3 unspecified atom stereocenters. The van der Waals surface area contributed by atoms with Crippen LogP contribution in [-0.4, -0.2) is 92.1 Å². The van der Waals surface area contributed by atoms with Crippen LogP contribution in [-0.2, 0) is 19.6 Å². The van der Waals surface area contributed by atoms with Crippen LogP contribution < -0.4 is 9.47 Å². The molecule has 354 valence electrons. The molecular weight excluding hydrogens is 945 g/mol. The maximum absolute atomic E-state index is 11.5. The fraction of sp³-hybridized carbons (Fsp3) is 0.235. The summed E-state index contributed by atoms with van der Waals surface area (Å²) >= 11 is 18.6. The van der Waals surface area contributed by atoms with Gasteiger partial charge in [-0.1, -0.05) is 89.4 Å². The predicted molar refractivity (Wildman–Crippen MR) is 267 cm³/mol. The summed E-state index contributed by atoms with van der Waals surface area (Å²) in [5.74, 6) is 3.11. The van der Waals surface area contributed by atoms with Crippen molar-refractivity contribution in [3.8, 4) is 45.7 Å². The van der Waals surface area contributed by atoms with E-state index in [-0.39, 0.29) is 42.1 Å². The van der Waals surface area contributed by atoms with Gasteiger partial charge in [-0.2, -0.15) is 0 Å². The summed E-state index contributed by atoms with van der Waals surface area (Å²) in [5, 5.41) is 51.5. The number of imidazole rings is 3. The average Bonchev–Trinajstić information content (AvgIpc) is 3.98. The number of aliphatic hydroxyl groups is 4. The number of ether oxygens (including phenoxy) is 2. The molecule has 9 aromatic rings. The van der Waals surface area contributed by atoms with E-state index in [2.05, 4.69) is 9.55 Å². The second-order valence-electron chi connectivity index (χ2n) is 16.8. The lowest BCUT2D eigenvalue weighted by molar-refractivity contribution is -0.384. The molecule has 3 atom stereocenters. The van der Waals surface area contributed by atoms with Gasteiger partial charge in [-0.15, -0.1) is 0 Å². The Balaban J connectivity index is 0.000000129. The summed E-state index contributed by atoms with van der Waals surface area (Å²) in [6, 6.07) is 33.6. The summed E-state index contributed by atoms with van der Waals surface area (Å²) in [6.07, 6.45) is -1.98. The molecule has 0 fully saturated rings. The molecule has 4 N–H and O–H groups in total. The Kier molecular flexibility index (Phi) is 13.6. The molecule has 15 nitrogen and oxygen atoms in total. The van der Waals surface area contributed by atoms with E-state index in [9.17, 15) is 30.5 Å². The van der Waals surface area contributed by atoms with Crippen molar-refractivity contribution in [1.82, 2.24) is 28.7 Å². The molecule has 0 amide bonds. The first-order valence-electron chi connectivity index (χ1n) is 22.0. The van der Waals surface area contributed by atoms with Crippen LogP contribution in [0.4, 0.5) is 5.69 Å². The SMILES string of the molecule is Cc1cccc2c1nc(-c1cccc(Cl)c1[N+](=O)[O-])n2CC(O)CO.Cc1cccc2c1nc1n2CC(CO)Oc2c(Cl)cccc2-1.Cc1cccc2c1nc1n2CC(O)COc2c(Cl)cccc2-1. The highest BCUT2D eigenvalue weighted by molar-refractivity contribution is 6.33. The van der Waals surface area contributed by atoms with Crippen molar-refractivity contribution in [2.75, 3.05) is 19.8 Å². The van der Waals surface area contributed by atoms with Crippen LogP contribution in [0.5, 0.6) is 11.5 Å². The number of nitro groups is 1. The fourth-order valence-corrected chi connectivity index (χ4v) is 9.46. The van der Waals surface area contributed by atoms with E-state index in [0.29, 0.717) is 46.0 Å². The summed E-state index contributed by atoms with van der Waals surface area (Å²) in [7, 11) is 0. The molecule has 18 heteroatoms. The number of hydrogen-bond acceptors (Lipinski definition) is 11. The maximum atomic E-state index is 11.5. The molecule has 2 aliphatic rings. The molecular formula is C51H46Cl3N7O8. The van der Waals surface area contributed by atoms with Gasteiger partial charge in [-0.05, 0) is 92.1 Å². The first kappa shape index (κ1) is 47.5. The Morgan fingerprint density at radius 2 is 1.14 bits per heavy atom. The Morgan fingerprint density at radius 3 is 1.71 bits per heavy atom. The summed E-state index contributed by atoms with van der Waals surface area (Å²) in [4.78, 5) is 25.1. The van der Waals surface area contributed by atoms with Crippen LogP contribution in [0.1, 0.15) is 16.7 Å². The number of aromatic nitrogens is 6. The van der Waals surface area contributed by atoms with Crippen LogP contribution in [0, 0.1) is 30.9 Å². The van der Waals surface area contributed by atoms with Crippen molar-refractivity contribution in [3.63, 3.8) is 0 Å². The van der Waals surface area contributed by atoms with Gasteiger partial charge in [0.15, 0.2) is 0 Å². The molecule has 69 heavy (non-hydrogen) atoms. The highest BCUT2D eigenvalue weighted by Gasteiger charge is 2.29. The molecule has 0 aliphatic carbocycles. The molecule has 3 aromatic heterocycles. The number of benzene rings is 6. The van der Waals surface area contributed by atoms with Crippen LogP contribution >= 0.6 is 34.8 Å². The summed E-state index contributed by atoms with van der Waals surface area (Å²) < 4.78 is 17.5. The zero-order valence-corrected chi connectivity index (χ0v) is 39.8. The van der Waals surface area contributed by atoms with Crippen molar-refractivity contribution >= 4 is 73.6 Å². The van der Waals surface area contributed by atoms with Crippen molar-refractivity contribution in [2.45, 2.75) is 58.7 Å². The standard InChI is InChI=1S/C17H16ClN3O4.2C17H15ClN2O2/c1-10-4-2-7-14-15(10)19-17(20(14)8-11(23)9-22)12-5-3-6-13(18)16(12)21(24)25;1-10-4-2-7-14-15(10)19-17-12-5-3-6-13(18)16(12)22-9-11(21)8-20(14)17;1-10-4-2-7-14-15(10)19-17-12-5-3-6-13(18)16(12)22-11(9-21)8-20(14)17/h2-7,11,22-23H,8-9H2,1H3;2*2-7,11,21H,8-9H2,1H3. The normalized spacial score (nSPS) is 15.4. The van der Waals surface area contributed by atoms with Crippen molar-refractivity contribution in [3.05, 3.63) is 151 Å². The highest BCUT2D eigenvalue weighted by atomic mass is 35.5. The summed E-state index contributed by atoms with van der Waals surface area (Å²) in [6.45, 7) is 6.72. The highest BCUT2D eigenvalue weighted by Crippen LogP contribution is 2.42. The number of halogens is 3. The van der Waals surface area contributed by atoms with Gasteiger partial charge in [-0.3, -0.25) is 10.1 Å². The van der Waals surface area contributed by atoms with Crippen molar-refractivity contribution < 1.29 is 34.8 Å². The van der Waals surface area contributed by atoms with Crippen LogP contribution in [0.3, 0.4) is 0 Å². The molecule has 0 bridgehead atoms. The van der Waals surface area contributed by atoms with Gasteiger partial charge < -0.3 is 43.6 Å². The molecule has 6 aromatic carbocycles. The topological polar surface area (TPSA) is 196 Å². The third kappa shape index (κ3) is 9.10. The molecule has 11 rings (SSSR count). The second kappa shape index (κ2) is 19.8. The van der Waals surface area contributed by atoms with E-state index in [1.54, 1.807) is 28.8 Å². The lowest BCUT2D eigenvalue weighted by atomic mass is 10.1. The molecule has 2 aliphatic heterocycles. The van der Waals surface area contributed by atoms with Gasteiger partial charge in [0.25, 0.3) is 5.69 Å². The number of aryl methyl sites for hydroxylation is 3. The lowest BCUT2D eigenvalue weighted by Crippen LogP contribution is -2.26. The van der Waals surface area contributed by atoms with Gasteiger partial charge >= 0.3 is 0 Å². The lowest BCUT2D eigenvalue weighted by Gasteiger charge is -2.21. The Morgan fingerprint density at radius 1 is 0.667 bits per heavy atom. The van der Waals surface area contributed by atoms with E-state index in [4.69, 9.17) is 54.2 Å². The van der Waals surface area contributed by atoms with E-state index >= 15 is 0 Å². The molecule has 0 saturated heterocycles. The predicted octanol–water partition coefficient (Wildman–Crippen LogP) is 9.76. The van der Waals surface area contributed by atoms with Crippen molar-refractivity contribution in [2.24, 2.45) is 0 Å². The number of fused-ring (bicyclic) bond motifs is 11. The van der Waals surface area contributed by atoms with Gasteiger partial charge in [0, 0.05) is 0 Å². The van der Waals surface area contributed by atoms with Gasteiger partial charge in [0.05, 0.1) is 104 Å². The monoisotopic (exact) mass is 989 g/mol. The second-order valence-corrected chi connectivity index (χ2v) is 18.0. The summed E-state index contributed by atoms with van der Waals surface area (Å²) in [5.41, 5.74) is 10.3. The third-order valence-corrected chi connectivity index (χ3v) is 13.0. The number of nitro benzene ring substituents is 1. The first-order valence-corrected chi connectivity index (χ1v) is 23.2. The zero-order valence-electron chi connectivity index (χ0n) is 37.6. The minimum atomic E-state index is -1.02. The molecule has 5 heterocycles. The van der Waals surface area contributed by atoms with Crippen molar-refractivity contribution in [1.29, 1.82) is 0 Å². The number of nitrogens with zero attached hydrogens (tertiary/aromatic N) is 7. The number of aliphatic hydroxyl groups excluding tert-OH is 4. The molecule has 0 saturated carbocycles. The molecule has 0 radical (unpaired) electrons. The molecule has 0 spiro atoms. The van der Waals surface area contributed by atoms with E-state index in [1.807, 2.05) is 104 Å². The minimum absolute atomic E-state index is 0.0144. The number of rotatable bonds is 6. The van der Waals surface area contributed by atoms with Gasteiger partial charge in [0.1, 0.15) is 52.8 Å². The average molecular weight is 991 g/mol. The van der Waals surface area contributed by atoms with E-state index in [1.165, 1.54) is 6.07 Å². The van der Waals surface area contributed by atoms with E-state index in [0.717, 1.165) is 67.0 Å². The number of para-hydroxylation sites is 6. The largest absolute Gasteiger partial charge is 0.488 e. The van der Waals surface area contributed by atoms with Crippen LogP contribution in [0.25, 0.3) is 67.3 Å². The fourth-order valence-electron chi connectivity index (χ4n) is 8.76. The Labute approximate surface area is 410 Å². The maximum Gasteiger partial charge on any atom is 0.298 e. The Hall–Kier alpha value is -6.56. The smallest absolute Gasteiger partial charge is 0.298 e. The van der Waals surface area contributed by atoms with Gasteiger partial charge in [-0.25, -0.2) is 15.0 Å². The zero-order chi connectivity index (χ0) is 48.7. The Bertz CT molecular complexity index is 3400. The third-order valence-electron chi connectivity index (χ3n) is 12.1.